The first-order valence-electron chi connectivity index (χ1n) is 14.2. The molecule has 2 rings (SSSR count). The van der Waals surface area contributed by atoms with Crippen molar-refractivity contribution in [2.45, 2.75) is 118 Å². The molecule has 0 aromatic heterocycles. The fourth-order valence-electron chi connectivity index (χ4n) is 4.70. The second-order valence-corrected chi connectivity index (χ2v) is 11.0. The maximum atomic E-state index is 11.5. The van der Waals surface area contributed by atoms with E-state index in [1.54, 1.807) is 0 Å². The van der Waals surface area contributed by atoms with Crippen LogP contribution in [-0.2, 0) is 16.0 Å². The lowest BCUT2D eigenvalue weighted by Crippen LogP contribution is -2.36. The molecule has 0 saturated heterocycles. The smallest absolute Gasteiger partial charge is 0.305 e. The maximum Gasteiger partial charge on any atom is 0.305 e. The average molecular weight is 511 g/mol. The van der Waals surface area contributed by atoms with E-state index < -0.39 is 0 Å². The molecule has 0 fully saturated rings. The van der Waals surface area contributed by atoms with Crippen LogP contribution in [0.15, 0.2) is 47.1 Å². The van der Waals surface area contributed by atoms with Gasteiger partial charge in [0.15, 0.2) is 0 Å². The minimum Gasteiger partial charge on any atom is -0.494 e. The van der Waals surface area contributed by atoms with Crippen LogP contribution < -0.4 is 9.47 Å². The maximum absolute atomic E-state index is 11.5. The molecule has 0 aliphatic carbocycles. The monoisotopic (exact) mass is 510 g/mol. The van der Waals surface area contributed by atoms with Crippen LogP contribution in [0.5, 0.6) is 11.5 Å². The third kappa shape index (κ3) is 11.6. The van der Waals surface area contributed by atoms with E-state index in [0.717, 1.165) is 68.4 Å². The zero-order chi connectivity index (χ0) is 27.3. The van der Waals surface area contributed by atoms with E-state index in [-0.39, 0.29) is 11.6 Å². The van der Waals surface area contributed by atoms with Gasteiger partial charge in [-0.05, 0) is 130 Å². The molecule has 0 bridgehead atoms. The standard InChI is InChI=1S/C33H50O4/c1-8-35-31(34)18-12-22-36-30-23-28(6)32-29(24-30)19-21-33(7,37-32)20-11-17-27(5)16-10-15-26(4)14-9-13-25(2)3/h13,15,17,23-24H,8-12,14,16,18-22H2,1-7H3/b26-15+,27-17+/t33-/m1/s1. The van der Waals surface area contributed by atoms with E-state index in [4.69, 9.17) is 14.2 Å². The van der Waals surface area contributed by atoms with Crippen molar-refractivity contribution in [3.05, 3.63) is 58.2 Å². The van der Waals surface area contributed by atoms with Crippen LogP contribution in [0.3, 0.4) is 0 Å². The SMILES string of the molecule is CCOC(=O)CCCOc1cc(C)c2c(c1)CC[C@@](C)(CC/C=C(\C)CC/C=C(\C)CCC=C(C)C)O2. The van der Waals surface area contributed by atoms with Gasteiger partial charge in [-0.25, -0.2) is 0 Å². The molecule has 1 aliphatic heterocycles. The number of hydrogen-bond donors (Lipinski definition) is 0. The summed E-state index contributed by atoms with van der Waals surface area (Å²) >= 11 is 0. The minimum atomic E-state index is -0.164. The molecule has 0 amide bonds. The van der Waals surface area contributed by atoms with E-state index in [9.17, 15) is 4.79 Å². The molecular weight excluding hydrogens is 460 g/mol. The van der Waals surface area contributed by atoms with Crippen molar-refractivity contribution in [2.24, 2.45) is 0 Å². The van der Waals surface area contributed by atoms with Crippen LogP contribution in [0.4, 0.5) is 0 Å². The first-order chi connectivity index (χ1) is 17.6. The molecule has 4 heteroatoms. The Balaban J connectivity index is 1.80. The van der Waals surface area contributed by atoms with E-state index in [1.165, 1.54) is 22.3 Å². The molecule has 0 N–H and O–H groups in total. The predicted octanol–water partition coefficient (Wildman–Crippen LogP) is 9.00. The van der Waals surface area contributed by atoms with Gasteiger partial charge in [-0.15, -0.1) is 0 Å². The number of aryl methyl sites for hydroxylation is 2. The summed E-state index contributed by atoms with van der Waals surface area (Å²) in [5.74, 6) is 1.71. The van der Waals surface area contributed by atoms with Gasteiger partial charge in [0.05, 0.1) is 13.2 Å². The summed E-state index contributed by atoms with van der Waals surface area (Å²) in [5.41, 5.74) is 6.55. The lowest BCUT2D eigenvalue weighted by Gasteiger charge is -2.37. The first-order valence-corrected chi connectivity index (χ1v) is 14.2. The number of benzene rings is 1. The Hall–Kier alpha value is -2.49. The highest BCUT2D eigenvalue weighted by atomic mass is 16.5. The summed E-state index contributed by atoms with van der Waals surface area (Å²) in [7, 11) is 0. The van der Waals surface area contributed by atoms with Crippen molar-refractivity contribution >= 4 is 5.97 Å². The molecule has 206 valence electrons. The first kappa shape index (κ1) is 30.7. The number of carbonyl (C=O) groups is 1. The summed E-state index contributed by atoms with van der Waals surface area (Å²) < 4.78 is 17.5. The topological polar surface area (TPSA) is 44.8 Å². The Morgan fingerprint density at radius 2 is 1.68 bits per heavy atom. The second-order valence-electron chi connectivity index (χ2n) is 11.0. The fraction of sp³-hybridized carbons (Fsp3) is 0.606. The Morgan fingerprint density at radius 1 is 1.00 bits per heavy atom. The number of hydrogen-bond acceptors (Lipinski definition) is 4. The van der Waals surface area contributed by atoms with Crippen LogP contribution >= 0.6 is 0 Å². The molecular formula is C33H50O4. The van der Waals surface area contributed by atoms with Gasteiger partial charge >= 0.3 is 5.97 Å². The van der Waals surface area contributed by atoms with Crippen LogP contribution in [0.25, 0.3) is 0 Å². The third-order valence-corrected chi connectivity index (χ3v) is 6.98. The van der Waals surface area contributed by atoms with Crippen molar-refractivity contribution in [3.8, 4) is 11.5 Å². The predicted molar refractivity (Wildman–Crippen MR) is 155 cm³/mol. The van der Waals surface area contributed by atoms with Crippen molar-refractivity contribution in [2.75, 3.05) is 13.2 Å². The Labute approximate surface area is 226 Å². The quantitative estimate of drug-likeness (QED) is 0.134. The Bertz CT molecular complexity index is 965. The molecule has 1 aromatic rings. The lowest BCUT2D eigenvalue weighted by molar-refractivity contribution is -0.143. The fourth-order valence-corrected chi connectivity index (χ4v) is 4.70. The minimum absolute atomic E-state index is 0.141. The lowest BCUT2D eigenvalue weighted by atomic mass is 9.87. The van der Waals surface area contributed by atoms with Gasteiger partial charge in [0.25, 0.3) is 0 Å². The number of rotatable bonds is 15. The average Bonchev–Trinajstić information content (AvgIpc) is 2.82. The van der Waals surface area contributed by atoms with Crippen molar-refractivity contribution < 1.29 is 19.0 Å². The third-order valence-electron chi connectivity index (χ3n) is 6.98. The summed E-state index contributed by atoms with van der Waals surface area (Å²) in [5, 5.41) is 0. The van der Waals surface area contributed by atoms with Crippen LogP contribution in [-0.4, -0.2) is 24.8 Å². The van der Waals surface area contributed by atoms with Gasteiger partial charge in [-0.3, -0.25) is 4.79 Å². The number of fused-ring (bicyclic) bond motifs is 1. The Morgan fingerprint density at radius 3 is 2.35 bits per heavy atom. The largest absolute Gasteiger partial charge is 0.494 e. The number of ether oxygens (including phenoxy) is 3. The van der Waals surface area contributed by atoms with Gasteiger partial charge in [-0.2, -0.15) is 0 Å². The van der Waals surface area contributed by atoms with E-state index >= 15 is 0 Å². The second kappa shape index (κ2) is 15.7. The zero-order valence-corrected chi connectivity index (χ0v) is 24.5. The highest BCUT2D eigenvalue weighted by molar-refractivity contribution is 5.69. The molecule has 4 nitrogen and oxygen atoms in total. The van der Waals surface area contributed by atoms with Crippen LogP contribution in [0.2, 0.25) is 0 Å². The Kier molecular flexibility index (Phi) is 13.0. The van der Waals surface area contributed by atoms with E-state index in [0.29, 0.717) is 26.1 Å². The zero-order valence-electron chi connectivity index (χ0n) is 24.5. The normalized spacial score (nSPS) is 17.6. The van der Waals surface area contributed by atoms with Gasteiger partial charge in [0, 0.05) is 6.42 Å². The summed E-state index contributed by atoms with van der Waals surface area (Å²) in [4.78, 5) is 11.5. The molecule has 37 heavy (non-hydrogen) atoms. The summed E-state index contributed by atoms with van der Waals surface area (Å²) in [6, 6.07) is 4.15. The molecule has 1 aliphatic rings. The molecule has 1 atom stereocenters. The van der Waals surface area contributed by atoms with Gasteiger partial charge < -0.3 is 14.2 Å². The molecule has 0 spiro atoms. The van der Waals surface area contributed by atoms with Gasteiger partial charge in [0.1, 0.15) is 17.1 Å². The molecule has 1 heterocycles. The highest BCUT2D eigenvalue weighted by Crippen LogP contribution is 2.40. The number of carbonyl (C=O) groups excluding carboxylic acids is 1. The van der Waals surface area contributed by atoms with Crippen LogP contribution in [0.1, 0.15) is 110 Å². The number of allylic oxidation sites excluding steroid dienone is 6. The van der Waals surface area contributed by atoms with E-state index in [1.807, 2.05) is 13.0 Å². The van der Waals surface area contributed by atoms with Crippen molar-refractivity contribution in [1.29, 1.82) is 0 Å². The van der Waals surface area contributed by atoms with Crippen molar-refractivity contribution in [3.63, 3.8) is 0 Å². The van der Waals surface area contributed by atoms with Gasteiger partial charge in [-0.1, -0.05) is 34.9 Å². The van der Waals surface area contributed by atoms with Crippen LogP contribution in [0, 0.1) is 6.92 Å². The highest BCUT2D eigenvalue weighted by Gasteiger charge is 2.32. The molecule has 0 radical (unpaired) electrons. The number of esters is 1. The van der Waals surface area contributed by atoms with Crippen molar-refractivity contribution in [1.82, 2.24) is 0 Å². The van der Waals surface area contributed by atoms with Gasteiger partial charge in [0.2, 0.25) is 0 Å². The summed E-state index contributed by atoms with van der Waals surface area (Å²) in [6.07, 6.45) is 16.8. The van der Waals surface area contributed by atoms with E-state index in [2.05, 4.69) is 65.8 Å². The molecule has 0 unspecified atom stereocenters. The molecule has 0 saturated carbocycles. The summed E-state index contributed by atoms with van der Waals surface area (Å²) in [6.45, 7) is 15.9. The molecule has 1 aromatic carbocycles.